The molecule has 1 fully saturated rings. The Kier molecular flexibility index (Phi) is 4.75. The fourth-order valence-corrected chi connectivity index (χ4v) is 5.85. The van der Waals surface area contributed by atoms with Crippen molar-refractivity contribution < 1.29 is 18.6 Å². The first kappa shape index (κ1) is 20.9. The number of benzene rings is 1. The Balaban J connectivity index is 1.57. The average Bonchev–Trinajstić information content (AvgIpc) is 3.51. The standard InChI is InChI=1S/C22H21F2N5O2S/c1-21(16-8-22(16,10-30)32-20(25)29-21)14-6-12(7-15(23)17(14)24)28-19-18-11(3-4-26-19)5-13(31-2)9-27-18/h3-7,9,16,30H,8,10H2,1-2H3,(H2,25,29)(H,26,28)/t16-,21+,22+/m0/s1. The third kappa shape index (κ3) is 3.17. The summed E-state index contributed by atoms with van der Waals surface area (Å²) >= 11 is 1.30. The van der Waals surface area contributed by atoms with Crippen LogP contribution in [0, 0.1) is 17.6 Å². The lowest BCUT2D eigenvalue weighted by molar-refractivity contribution is 0.264. The number of fused-ring (bicyclic) bond motifs is 2. The number of nitrogens with zero attached hydrogens (tertiary/aromatic N) is 3. The first-order valence-corrected chi connectivity index (χ1v) is 10.8. The minimum Gasteiger partial charge on any atom is -0.495 e. The molecule has 1 aliphatic carbocycles. The van der Waals surface area contributed by atoms with E-state index in [1.54, 1.807) is 32.5 Å². The van der Waals surface area contributed by atoms with Crippen LogP contribution < -0.4 is 15.8 Å². The molecule has 5 rings (SSSR count). The zero-order valence-electron chi connectivity index (χ0n) is 17.4. The number of rotatable bonds is 5. The van der Waals surface area contributed by atoms with Gasteiger partial charge in [-0.25, -0.2) is 18.7 Å². The van der Waals surface area contributed by atoms with Crippen molar-refractivity contribution in [2.75, 3.05) is 19.0 Å². The van der Waals surface area contributed by atoms with E-state index in [1.165, 1.54) is 17.8 Å². The van der Waals surface area contributed by atoms with Crippen LogP contribution in [0.1, 0.15) is 18.9 Å². The highest BCUT2D eigenvalue weighted by Gasteiger charge is 2.66. The van der Waals surface area contributed by atoms with Crippen molar-refractivity contribution in [3.8, 4) is 5.75 Å². The number of hydrogen-bond acceptors (Lipinski definition) is 8. The van der Waals surface area contributed by atoms with Crippen molar-refractivity contribution in [1.82, 2.24) is 9.97 Å². The number of hydrogen-bond donors (Lipinski definition) is 3. The van der Waals surface area contributed by atoms with E-state index < -0.39 is 21.9 Å². The summed E-state index contributed by atoms with van der Waals surface area (Å²) in [5.41, 5.74) is 5.85. The molecular weight excluding hydrogens is 436 g/mol. The molecule has 4 N–H and O–H groups in total. The lowest BCUT2D eigenvalue weighted by Crippen LogP contribution is -2.37. The van der Waals surface area contributed by atoms with E-state index in [0.29, 0.717) is 29.2 Å². The predicted octanol–water partition coefficient (Wildman–Crippen LogP) is 3.69. The number of aromatic nitrogens is 2. The van der Waals surface area contributed by atoms with E-state index in [-0.39, 0.29) is 23.3 Å². The van der Waals surface area contributed by atoms with Gasteiger partial charge in [0.25, 0.3) is 0 Å². The van der Waals surface area contributed by atoms with Gasteiger partial charge < -0.3 is 20.9 Å². The number of methoxy groups -OCH3 is 1. The summed E-state index contributed by atoms with van der Waals surface area (Å²) < 4.78 is 34.4. The van der Waals surface area contributed by atoms with Gasteiger partial charge in [0, 0.05) is 34.8 Å². The lowest BCUT2D eigenvalue weighted by atomic mass is 9.85. The summed E-state index contributed by atoms with van der Waals surface area (Å²) in [4.78, 5) is 13.2. The molecular formula is C22H21F2N5O2S. The highest BCUT2D eigenvalue weighted by molar-refractivity contribution is 8.15. The van der Waals surface area contributed by atoms with E-state index in [2.05, 4.69) is 20.3 Å². The number of pyridine rings is 2. The van der Waals surface area contributed by atoms with Crippen LogP contribution in [0.15, 0.2) is 41.7 Å². The highest BCUT2D eigenvalue weighted by Crippen LogP contribution is 2.65. The molecule has 2 aliphatic rings. The molecule has 3 heterocycles. The van der Waals surface area contributed by atoms with Crippen LogP contribution >= 0.6 is 11.8 Å². The summed E-state index contributed by atoms with van der Waals surface area (Å²) in [5, 5.41) is 14.0. The molecule has 1 saturated carbocycles. The van der Waals surface area contributed by atoms with E-state index in [4.69, 9.17) is 10.5 Å². The Morgan fingerprint density at radius 1 is 1.31 bits per heavy atom. The molecule has 0 bridgehead atoms. The van der Waals surface area contributed by atoms with Crippen molar-refractivity contribution in [3.63, 3.8) is 0 Å². The number of aliphatic hydroxyl groups is 1. The van der Waals surface area contributed by atoms with Crippen LogP contribution in [0.25, 0.3) is 10.9 Å². The number of nitrogens with one attached hydrogen (secondary N) is 1. The molecule has 0 saturated heterocycles. The molecule has 32 heavy (non-hydrogen) atoms. The zero-order valence-corrected chi connectivity index (χ0v) is 18.2. The van der Waals surface area contributed by atoms with Crippen LogP contribution in [-0.4, -0.2) is 38.7 Å². The van der Waals surface area contributed by atoms with Crippen molar-refractivity contribution in [1.29, 1.82) is 0 Å². The number of anilines is 2. The van der Waals surface area contributed by atoms with Gasteiger partial charge in [-0.1, -0.05) is 11.8 Å². The van der Waals surface area contributed by atoms with Crippen LogP contribution in [0.4, 0.5) is 20.3 Å². The van der Waals surface area contributed by atoms with Crippen LogP contribution in [-0.2, 0) is 5.54 Å². The normalized spacial score (nSPS) is 26.4. The van der Waals surface area contributed by atoms with Crippen molar-refractivity contribution in [2.24, 2.45) is 16.6 Å². The Labute approximate surface area is 187 Å². The van der Waals surface area contributed by atoms with E-state index in [0.717, 1.165) is 11.5 Å². The smallest absolute Gasteiger partial charge is 0.164 e. The first-order valence-electron chi connectivity index (χ1n) is 10.00. The van der Waals surface area contributed by atoms with E-state index in [1.807, 2.05) is 6.07 Å². The molecule has 3 aromatic rings. The Bertz CT molecular complexity index is 1270. The molecule has 1 aromatic carbocycles. The SMILES string of the molecule is COc1cnc2c(Nc3cc(F)c(F)c([C@@]4(C)N=C(N)S[C@@]5(CO)C[C@H]54)c3)nccc2c1. The molecule has 0 amide bonds. The van der Waals surface area contributed by atoms with Crippen LogP contribution in [0.2, 0.25) is 0 Å². The average molecular weight is 458 g/mol. The number of aliphatic imine (C=N–C) groups is 1. The number of aliphatic hydroxyl groups excluding tert-OH is 1. The van der Waals surface area contributed by atoms with Gasteiger partial charge in [-0.3, -0.25) is 4.99 Å². The van der Waals surface area contributed by atoms with Gasteiger partial charge in [0.1, 0.15) is 11.3 Å². The topological polar surface area (TPSA) is 106 Å². The minimum absolute atomic E-state index is 0.0819. The molecule has 0 unspecified atom stereocenters. The minimum atomic E-state index is -1.10. The fourth-order valence-electron chi connectivity index (χ4n) is 4.51. The summed E-state index contributed by atoms with van der Waals surface area (Å²) in [6, 6.07) is 6.19. The van der Waals surface area contributed by atoms with Gasteiger partial charge in [0.2, 0.25) is 0 Å². The Morgan fingerprint density at radius 2 is 2.12 bits per heavy atom. The molecule has 3 atom stereocenters. The van der Waals surface area contributed by atoms with Gasteiger partial charge in [0.15, 0.2) is 22.6 Å². The summed E-state index contributed by atoms with van der Waals surface area (Å²) in [6.45, 7) is 1.62. The number of thioether (sulfide) groups is 1. The largest absolute Gasteiger partial charge is 0.495 e. The maximum Gasteiger partial charge on any atom is 0.164 e. The molecule has 166 valence electrons. The molecule has 0 radical (unpaired) electrons. The second-order valence-electron chi connectivity index (χ2n) is 8.23. The third-order valence-electron chi connectivity index (χ3n) is 6.27. The summed E-state index contributed by atoms with van der Waals surface area (Å²) in [7, 11) is 1.55. The van der Waals surface area contributed by atoms with Crippen LogP contribution in [0.5, 0.6) is 5.75 Å². The maximum atomic E-state index is 15.0. The van der Waals surface area contributed by atoms with Gasteiger partial charge in [-0.05, 0) is 31.5 Å². The zero-order chi connectivity index (χ0) is 22.7. The second-order valence-corrected chi connectivity index (χ2v) is 9.67. The fraction of sp³-hybridized carbons (Fsp3) is 0.318. The molecule has 7 nitrogen and oxygen atoms in total. The Hall–Kier alpha value is -2.98. The van der Waals surface area contributed by atoms with E-state index in [9.17, 15) is 9.50 Å². The van der Waals surface area contributed by atoms with Gasteiger partial charge in [-0.2, -0.15) is 0 Å². The quantitative estimate of drug-likeness (QED) is 0.537. The number of ether oxygens (including phenoxy) is 1. The molecule has 2 aromatic heterocycles. The number of amidine groups is 1. The van der Waals surface area contributed by atoms with E-state index >= 15 is 4.39 Å². The molecule has 0 spiro atoms. The Morgan fingerprint density at radius 3 is 2.88 bits per heavy atom. The van der Waals surface area contributed by atoms with Crippen molar-refractivity contribution in [3.05, 3.63) is 53.9 Å². The highest BCUT2D eigenvalue weighted by atomic mass is 32.2. The maximum absolute atomic E-state index is 15.0. The van der Waals surface area contributed by atoms with Crippen molar-refractivity contribution >= 4 is 39.3 Å². The number of halogens is 2. The predicted molar refractivity (Wildman–Crippen MR) is 120 cm³/mol. The van der Waals surface area contributed by atoms with Crippen LogP contribution in [0.3, 0.4) is 0 Å². The third-order valence-corrected chi connectivity index (χ3v) is 7.55. The summed E-state index contributed by atoms with van der Waals surface area (Å²) in [6.07, 6.45) is 3.77. The summed E-state index contributed by atoms with van der Waals surface area (Å²) in [5.74, 6) is -1.16. The van der Waals surface area contributed by atoms with Gasteiger partial charge in [-0.15, -0.1) is 0 Å². The first-order chi connectivity index (χ1) is 15.3. The molecule has 10 heteroatoms. The monoisotopic (exact) mass is 457 g/mol. The molecule has 1 aliphatic heterocycles. The second kappa shape index (κ2) is 7.28. The van der Waals surface area contributed by atoms with Gasteiger partial charge >= 0.3 is 0 Å². The number of nitrogens with two attached hydrogens (primary N) is 1. The lowest BCUT2D eigenvalue weighted by Gasteiger charge is -2.34. The van der Waals surface area contributed by atoms with Gasteiger partial charge in [0.05, 0.1) is 30.2 Å². The van der Waals surface area contributed by atoms with Crippen molar-refractivity contribution in [2.45, 2.75) is 23.6 Å².